The van der Waals surface area contributed by atoms with Crippen LogP contribution in [0.1, 0.15) is 37.5 Å². The van der Waals surface area contributed by atoms with Gasteiger partial charge in [0.2, 0.25) is 5.89 Å². The third-order valence-corrected chi connectivity index (χ3v) is 3.70. The number of aryl methyl sites for hydroxylation is 3. The predicted octanol–water partition coefficient (Wildman–Crippen LogP) is 2.64. The molecular formula is C19H29N5O2. The fraction of sp³-hybridized carbons (Fsp3) is 0.526. The molecule has 1 aromatic carbocycles. The second-order valence-corrected chi connectivity index (χ2v) is 6.18. The van der Waals surface area contributed by atoms with Crippen molar-refractivity contribution in [3.8, 4) is 5.75 Å². The molecule has 142 valence electrons. The molecule has 7 nitrogen and oxygen atoms in total. The molecule has 0 aliphatic heterocycles. The van der Waals surface area contributed by atoms with Crippen LogP contribution in [-0.2, 0) is 6.42 Å². The predicted molar refractivity (Wildman–Crippen MR) is 103 cm³/mol. The number of guanidine groups is 1. The molecule has 0 saturated heterocycles. The highest BCUT2D eigenvalue weighted by molar-refractivity contribution is 5.79. The average molecular weight is 359 g/mol. The molecule has 7 heteroatoms. The van der Waals surface area contributed by atoms with Gasteiger partial charge in [0.25, 0.3) is 0 Å². The molecule has 0 bridgehead atoms. The standard InChI is InChI=1S/C19H29N5O2/c1-5-20-19(21-12-8-11-18-23-16(4)24-26-18)22-13-15(3)25-17-10-7-6-9-14(17)2/h6-7,9-10,15H,5,8,11-13H2,1-4H3,(H2,20,21,22). The molecule has 1 aromatic heterocycles. The Kier molecular flexibility index (Phi) is 7.92. The summed E-state index contributed by atoms with van der Waals surface area (Å²) in [6.45, 7) is 10.1. The van der Waals surface area contributed by atoms with Crippen molar-refractivity contribution in [1.82, 2.24) is 20.8 Å². The van der Waals surface area contributed by atoms with Gasteiger partial charge in [-0.15, -0.1) is 0 Å². The minimum absolute atomic E-state index is 0.00655. The fourth-order valence-corrected chi connectivity index (χ4v) is 2.39. The Morgan fingerprint density at radius 3 is 2.77 bits per heavy atom. The first-order valence-corrected chi connectivity index (χ1v) is 9.12. The van der Waals surface area contributed by atoms with Crippen molar-refractivity contribution in [2.75, 3.05) is 19.6 Å². The summed E-state index contributed by atoms with van der Waals surface area (Å²) in [5, 5.41) is 10.4. The third-order valence-electron chi connectivity index (χ3n) is 3.70. The first-order chi connectivity index (χ1) is 12.6. The van der Waals surface area contributed by atoms with Crippen molar-refractivity contribution < 1.29 is 9.26 Å². The first kappa shape index (κ1) is 19.8. The number of ether oxygens (including phenoxy) is 1. The van der Waals surface area contributed by atoms with Crippen LogP contribution in [0.25, 0.3) is 0 Å². The lowest BCUT2D eigenvalue weighted by atomic mass is 10.2. The van der Waals surface area contributed by atoms with E-state index < -0.39 is 0 Å². The second-order valence-electron chi connectivity index (χ2n) is 6.18. The van der Waals surface area contributed by atoms with Crippen molar-refractivity contribution in [2.45, 2.75) is 46.6 Å². The highest BCUT2D eigenvalue weighted by atomic mass is 16.5. The largest absolute Gasteiger partial charge is 0.489 e. The first-order valence-electron chi connectivity index (χ1n) is 9.12. The molecular weight excluding hydrogens is 330 g/mol. The Hall–Kier alpha value is -2.57. The van der Waals surface area contributed by atoms with Gasteiger partial charge in [0.1, 0.15) is 11.9 Å². The van der Waals surface area contributed by atoms with Crippen molar-refractivity contribution in [3.05, 3.63) is 41.5 Å². The average Bonchev–Trinajstić information content (AvgIpc) is 3.03. The molecule has 2 aromatic rings. The van der Waals surface area contributed by atoms with Crippen LogP contribution in [0.4, 0.5) is 0 Å². The molecule has 0 amide bonds. The molecule has 0 aliphatic carbocycles. The minimum atomic E-state index is -0.00655. The van der Waals surface area contributed by atoms with Crippen LogP contribution in [-0.4, -0.2) is 41.8 Å². The topological polar surface area (TPSA) is 84.6 Å². The van der Waals surface area contributed by atoms with Crippen LogP contribution in [0.15, 0.2) is 33.8 Å². The van der Waals surface area contributed by atoms with Crippen molar-refractivity contribution in [1.29, 1.82) is 0 Å². The van der Waals surface area contributed by atoms with Gasteiger partial charge in [-0.3, -0.25) is 0 Å². The van der Waals surface area contributed by atoms with E-state index in [1.807, 2.05) is 52.0 Å². The Morgan fingerprint density at radius 2 is 2.08 bits per heavy atom. The lowest BCUT2D eigenvalue weighted by Gasteiger charge is -2.16. The van der Waals surface area contributed by atoms with Gasteiger partial charge < -0.3 is 19.9 Å². The smallest absolute Gasteiger partial charge is 0.226 e. The molecule has 2 rings (SSSR count). The van der Waals surface area contributed by atoms with Gasteiger partial charge >= 0.3 is 0 Å². The van der Waals surface area contributed by atoms with E-state index in [0.29, 0.717) is 18.3 Å². The van der Waals surface area contributed by atoms with E-state index in [2.05, 4.69) is 25.8 Å². The Labute approximate surface area is 155 Å². The van der Waals surface area contributed by atoms with Gasteiger partial charge in [0.05, 0.1) is 6.54 Å². The summed E-state index contributed by atoms with van der Waals surface area (Å²) in [6.07, 6.45) is 1.63. The summed E-state index contributed by atoms with van der Waals surface area (Å²) in [7, 11) is 0. The number of nitrogens with one attached hydrogen (secondary N) is 2. The molecule has 1 heterocycles. The Balaban J connectivity index is 1.76. The maximum atomic E-state index is 5.97. The Bertz CT molecular complexity index is 699. The summed E-state index contributed by atoms with van der Waals surface area (Å²) in [4.78, 5) is 8.81. The van der Waals surface area contributed by atoms with E-state index in [1.54, 1.807) is 0 Å². The summed E-state index contributed by atoms with van der Waals surface area (Å²) in [5.74, 6) is 3.04. The summed E-state index contributed by atoms with van der Waals surface area (Å²) < 4.78 is 11.1. The van der Waals surface area contributed by atoms with Gasteiger partial charge in [-0.25, -0.2) is 4.99 Å². The van der Waals surface area contributed by atoms with E-state index in [1.165, 1.54) is 0 Å². The highest BCUT2D eigenvalue weighted by Crippen LogP contribution is 2.17. The third kappa shape index (κ3) is 6.74. The van der Waals surface area contributed by atoms with Crippen molar-refractivity contribution in [2.24, 2.45) is 4.99 Å². The summed E-state index contributed by atoms with van der Waals surface area (Å²) in [6, 6.07) is 8.02. The molecule has 0 saturated carbocycles. The van der Waals surface area contributed by atoms with Crippen LogP contribution in [0.5, 0.6) is 5.75 Å². The monoisotopic (exact) mass is 359 g/mol. The number of para-hydroxylation sites is 1. The number of rotatable bonds is 9. The molecule has 0 fully saturated rings. The van der Waals surface area contributed by atoms with Gasteiger partial charge in [0, 0.05) is 19.5 Å². The molecule has 0 spiro atoms. The van der Waals surface area contributed by atoms with E-state index in [9.17, 15) is 0 Å². The highest BCUT2D eigenvalue weighted by Gasteiger charge is 2.07. The maximum Gasteiger partial charge on any atom is 0.226 e. The van der Waals surface area contributed by atoms with Crippen LogP contribution in [0.2, 0.25) is 0 Å². The van der Waals surface area contributed by atoms with Crippen molar-refractivity contribution >= 4 is 5.96 Å². The SMILES string of the molecule is CCNC(=NCC(C)Oc1ccccc1C)NCCCc1nc(C)no1. The second kappa shape index (κ2) is 10.4. The van der Waals surface area contributed by atoms with E-state index in [4.69, 9.17) is 9.26 Å². The number of aromatic nitrogens is 2. The van der Waals surface area contributed by atoms with E-state index >= 15 is 0 Å². The molecule has 1 atom stereocenters. The van der Waals surface area contributed by atoms with E-state index in [0.717, 1.165) is 43.2 Å². The van der Waals surface area contributed by atoms with Crippen LogP contribution in [0.3, 0.4) is 0 Å². The normalized spacial score (nSPS) is 12.7. The number of aliphatic imine (C=N–C) groups is 1. The van der Waals surface area contributed by atoms with E-state index in [-0.39, 0.29) is 6.10 Å². The maximum absolute atomic E-state index is 5.97. The molecule has 0 aliphatic rings. The zero-order valence-electron chi connectivity index (χ0n) is 16.1. The lowest BCUT2D eigenvalue weighted by molar-refractivity contribution is 0.228. The number of nitrogens with zero attached hydrogens (tertiary/aromatic N) is 3. The zero-order chi connectivity index (χ0) is 18.8. The van der Waals surface area contributed by atoms with Gasteiger partial charge in [-0.2, -0.15) is 4.98 Å². The molecule has 0 radical (unpaired) electrons. The quantitative estimate of drug-likeness (QED) is 0.407. The lowest BCUT2D eigenvalue weighted by Crippen LogP contribution is -2.38. The molecule has 2 N–H and O–H groups in total. The number of hydrogen-bond acceptors (Lipinski definition) is 5. The molecule has 1 unspecified atom stereocenters. The van der Waals surface area contributed by atoms with Crippen molar-refractivity contribution in [3.63, 3.8) is 0 Å². The summed E-state index contributed by atoms with van der Waals surface area (Å²) >= 11 is 0. The van der Waals surface area contributed by atoms with Crippen LogP contribution >= 0.6 is 0 Å². The van der Waals surface area contributed by atoms with Gasteiger partial charge in [-0.05, 0) is 45.7 Å². The Morgan fingerprint density at radius 1 is 1.27 bits per heavy atom. The number of benzene rings is 1. The minimum Gasteiger partial charge on any atom is -0.489 e. The zero-order valence-corrected chi connectivity index (χ0v) is 16.1. The van der Waals surface area contributed by atoms with Crippen LogP contribution in [0, 0.1) is 13.8 Å². The van der Waals surface area contributed by atoms with Crippen LogP contribution < -0.4 is 15.4 Å². The van der Waals surface area contributed by atoms with Gasteiger partial charge in [0.15, 0.2) is 11.8 Å². The van der Waals surface area contributed by atoms with Gasteiger partial charge in [-0.1, -0.05) is 23.4 Å². The number of hydrogen-bond donors (Lipinski definition) is 2. The molecule has 26 heavy (non-hydrogen) atoms. The summed E-state index contributed by atoms with van der Waals surface area (Å²) in [5.41, 5.74) is 1.13. The fourth-order valence-electron chi connectivity index (χ4n) is 2.39.